The van der Waals surface area contributed by atoms with Gasteiger partial charge in [0.1, 0.15) is 6.61 Å². The van der Waals surface area contributed by atoms with Crippen LogP contribution >= 0.6 is 0 Å². The molecule has 1 aromatic rings. The Bertz CT molecular complexity index is 804. The summed E-state index contributed by atoms with van der Waals surface area (Å²) in [6, 6.07) is 10.5. The number of Topliss-reactive ketones (excluding diaryl/α,β-unsaturated/α-hetero) is 1. The average molecular weight is 470 g/mol. The lowest BCUT2D eigenvalue weighted by atomic mass is 9.77. The number of benzene rings is 1. The first-order valence-electron chi connectivity index (χ1n) is 13.2. The van der Waals surface area contributed by atoms with E-state index in [-0.39, 0.29) is 11.7 Å². The SMILES string of the molecule is CC1CC(N2CCN(CCC(C)(C)C)CC2)=C(OCCN(C)C)C(=O)C1CCc1ccccc1. The first-order valence-corrected chi connectivity index (χ1v) is 13.2. The van der Waals surface area contributed by atoms with Gasteiger partial charge >= 0.3 is 0 Å². The molecule has 0 spiro atoms. The normalized spacial score (nSPS) is 22.6. The largest absolute Gasteiger partial charge is 0.487 e. The van der Waals surface area contributed by atoms with Crippen LogP contribution in [0.15, 0.2) is 41.8 Å². The molecule has 1 aromatic carbocycles. The van der Waals surface area contributed by atoms with Crippen molar-refractivity contribution >= 4 is 5.78 Å². The second-order valence-electron chi connectivity index (χ2n) is 11.7. The minimum Gasteiger partial charge on any atom is -0.487 e. The molecule has 34 heavy (non-hydrogen) atoms. The maximum atomic E-state index is 13.7. The smallest absolute Gasteiger partial charge is 0.202 e. The molecular formula is C29H47N3O2. The summed E-state index contributed by atoms with van der Waals surface area (Å²) in [4.78, 5) is 20.9. The monoisotopic (exact) mass is 469 g/mol. The first kappa shape index (κ1) is 26.7. The van der Waals surface area contributed by atoms with Crippen LogP contribution in [-0.4, -0.2) is 80.5 Å². The number of likely N-dealkylation sites (N-methyl/N-ethyl adjacent to an activating group) is 1. The highest BCUT2D eigenvalue weighted by molar-refractivity contribution is 5.97. The fraction of sp³-hybridized carbons (Fsp3) is 0.690. The molecule has 1 saturated heterocycles. The zero-order chi connectivity index (χ0) is 24.7. The van der Waals surface area contributed by atoms with Gasteiger partial charge in [-0.25, -0.2) is 0 Å². The number of hydrogen-bond acceptors (Lipinski definition) is 5. The van der Waals surface area contributed by atoms with Gasteiger partial charge in [0.05, 0.1) is 5.70 Å². The summed E-state index contributed by atoms with van der Waals surface area (Å²) in [7, 11) is 4.09. The van der Waals surface area contributed by atoms with E-state index in [1.54, 1.807) is 0 Å². The third kappa shape index (κ3) is 7.84. The molecule has 190 valence electrons. The van der Waals surface area contributed by atoms with Gasteiger partial charge in [-0.3, -0.25) is 9.69 Å². The van der Waals surface area contributed by atoms with Gasteiger partial charge in [-0.2, -0.15) is 0 Å². The van der Waals surface area contributed by atoms with Crippen molar-refractivity contribution in [3.05, 3.63) is 47.4 Å². The van der Waals surface area contributed by atoms with Crippen LogP contribution in [0.3, 0.4) is 0 Å². The molecule has 1 aliphatic heterocycles. The Hall–Kier alpha value is -1.85. The molecule has 0 aromatic heterocycles. The number of ketones is 1. The highest BCUT2D eigenvalue weighted by Gasteiger charge is 2.38. The minimum absolute atomic E-state index is 0.0337. The molecule has 2 atom stereocenters. The van der Waals surface area contributed by atoms with Crippen molar-refractivity contribution in [2.24, 2.45) is 17.3 Å². The van der Waals surface area contributed by atoms with E-state index < -0.39 is 0 Å². The van der Waals surface area contributed by atoms with E-state index in [9.17, 15) is 4.79 Å². The number of rotatable bonds is 10. The highest BCUT2D eigenvalue weighted by Crippen LogP contribution is 2.37. The van der Waals surface area contributed by atoms with E-state index in [0.717, 1.165) is 64.2 Å². The van der Waals surface area contributed by atoms with Gasteiger partial charge in [-0.15, -0.1) is 0 Å². The van der Waals surface area contributed by atoms with Crippen LogP contribution in [0.4, 0.5) is 0 Å². The van der Waals surface area contributed by atoms with E-state index in [1.165, 1.54) is 12.0 Å². The van der Waals surface area contributed by atoms with Gasteiger partial charge in [-0.1, -0.05) is 58.0 Å². The van der Waals surface area contributed by atoms with Gasteiger partial charge in [-0.05, 0) is 63.2 Å². The van der Waals surface area contributed by atoms with Gasteiger partial charge < -0.3 is 14.5 Å². The van der Waals surface area contributed by atoms with Gasteiger partial charge in [0.2, 0.25) is 5.78 Å². The molecule has 0 saturated carbocycles. The standard InChI is InChI=1S/C29H47N3O2/c1-23-22-26(32-18-16-31(17-19-32)15-14-29(2,3)4)28(34-21-20-30(5)6)27(33)25(23)13-12-24-10-8-7-9-11-24/h7-11,23,25H,12-22H2,1-6H3. The topological polar surface area (TPSA) is 36.0 Å². The number of hydrogen-bond donors (Lipinski definition) is 0. The fourth-order valence-corrected chi connectivity index (χ4v) is 4.98. The summed E-state index contributed by atoms with van der Waals surface area (Å²) in [6.45, 7) is 15.8. The number of piperazine rings is 1. The zero-order valence-corrected chi connectivity index (χ0v) is 22.5. The van der Waals surface area contributed by atoms with Crippen molar-refractivity contribution in [1.29, 1.82) is 0 Å². The molecular weight excluding hydrogens is 422 g/mol. The van der Waals surface area contributed by atoms with Gasteiger partial charge in [0.25, 0.3) is 0 Å². The third-order valence-corrected chi connectivity index (χ3v) is 7.33. The van der Waals surface area contributed by atoms with Crippen LogP contribution in [-0.2, 0) is 16.0 Å². The summed E-state index contributed by atoms with van der Waals surface area (Å²) >= 11 is 0. The van der Waals surface area contributed by atoms with Crippen LogP contribution in [0.2, 0.25) is 0 Å². The Kier molecular flexibility index (Phi) is 9.61. The second-order valence-corrected chi connectivity index (χ2v) is 11.7. The first-order chi connectivity index (χ1) is 16.1. The number of aryl methyl sites for hydroxylation is 1. The molecule has 2 aliphatic rings. The molecule has 1 fully saturated rings. The molecule has 5 heteroatoms. The van der Waals surface area contributed by atoms with Crippen LogP contribution < -0.4 is 0 Å². The minimum atomic E-state index is 0.0337. The lowest BCUT2D eigenvalue weighted by molar-refractivity contribution is -0.126. The Morgan fingerprint density at radius 3 is 2.35 bits per heavy atom. The molecule has 3 rings (SSSR count). The number of ether oxygens (including phenoxy) is 1. The predicted molar refractivity (Wildman–Crippen MR) is 141 cm³/mol. The van der Waals surface area contributed by atoms with Crippen LogP contribution in [0.1, 0.15) is 52.5 Å². The van der Waals surface area contributed by atoms with E-state index in [1.807, 2.05) is 20.2 Å². The van der Waals surface area contributed by atoms with Crippen molar-refractivity contribution in [1.82, 2.24) is 14.7 Å². The Morgan fingerprint density at radius 2 is 1.74 bits per heavy atom. The molecule has 0 N–H and O–H groups in total. The molecule has 5 nitrogen and oxygen atoms in total. The molecule has 0 bridgehead atoms. The van der Waals surface area contributed by atoms with Gasteiger partial charge in [0, 0.05) is 38.6 Å². The highest BCUT2D eigenvalue weighted by atomic mass is 16.5. The Labute approximate surface area is 208 Å². The maximum Gasteiger partial charge on any atom is 0.202 e. The van der Waals surface area contributed by atoms with Crippen molar-refractivity contribution < 1.29 is 9.53 Å². The molecule has 2 unspecified atom stereocenters. The maximum absolute atomic E-state index is 13.7. The molecule has 1 aliphatic carbocycles. The van der Waals surface area contributed by atoms with Crippen LogP contribution in [0, 0.1) is 17.3 Å². The van der Waals surface area contributed by atoms with Crippen molar-refractivity contribution in [3.8, 4) is 0 Å². The molecule has 0 radical (unpaired) electrons. The lowest BCUT2D eigenvalue weighted by Gasteiger charge is -2.42. The van der Waals surface area contributed by atoms with E-state index in [2.05, 4.69) is 66.7 Å². The second kappa shape index (κ2) is 12.2. The Morgan fingerprint density at radius 1 is 1.06 bits per heavy atom. The van der Waals surface area contributed by atoms with Gasteiger partial charge in [0.15, 0.2) is 5.76 Å². The zero-order valence-electron chi connectivity index (χ0n) is 22.5. The van der Waals surface area contributed by atoms with Crippen molar-refractivity contribution in [2.45, 2.75) is 53.4 Å². The van der Waals surface area contributed by atoms with Crippen LogP contribution in [0.25, 0.3) is 0 Å². The summed E-state index contributed by atoms with van der Waals surface area (Å²) in [5, 5.41) is 0. The van der Waals surface area contributed by atoms with Crippen molar-refractivity contribution in [2.75, 3.05) is 60.0 Å². The lowest BCUT2D eigenvalue weighted by Crippen LogP contribution is -2.48. The van der Waals surface area contributed by atoms with E-state index >= 15 is 0 Å². The van der Waals surface area contributed by atoms with E-state index in [4.69, 9.17) is 4.74 Å². The van der Waals surface area contributed by atoms with E-state index in [0.29, 0.717) is 23.7 Å². The number of nitrogens with zero attached hydrogens (tertiary/aromatic N) is 3. The summed E-state index contributed by atoms with van der Waals surface area (Å²) < 4.78 is 6.25. The summed E-state index contributed by atoms with van der Waals surface area (Å²) in [5.74, 6) is 1.25. The van der Waals surface area contributed by atoms with Crippen molar-refractivity contribution in [3.63, 3.8) is 0 Å². The third-order valence-electron chi connectivity index (χ3n) is 7.33. The number of allylic oxidation sites excluding steroid dienone is 2. The molecule has 0 amide bonds. The number of carbonyl (C=O) groups is 1. The average Bonchev–Trinajstić information content (AvgIpc) is 2.79. The molecule has 1 heterocycles. The quantitative estimate of drug-likeness (QED) is 0.497. The summed E-state index contributed by atoms with van der Waals surface area (Å²) in [6.07, 6.45) is 3.98. The fourth-order valence-electron chi connectivity index (χ4n) is 4.98. The predicted octanol–water partition coefficient (Wildman–Crippen LogP) is 4.69. The summed E-state index contributed by atoms with van der Waals surface area (Å²) in [5.41, 5.74) is 2.83. The van der Waals surface area contributed by atoms with Crippen LogP contribution in [0.5, 0.6) is 0 Å². The Balaban J connectivity index is 1.69. The number of carbonyl (C=O) groups excluding carboxylic acids is 1.